The number of nitrogens with zero attached hydrogens (tertiary/aromatic N) is 1. The van der Waals surface area contributed by atoms with E-state index in [4.69, 9.17) is 9.47 Å². The highest BCUT2D eigenvalue weighted by molar-refractivity contribution is 5.32. The maximum atomic E-state index is 5.76. The molecule has 0 spiro atoms. The lowest BCUT2D eigenvalue weighted by molar-refractivity contribution is 0.153. The van der Waals surface area contributed by atoms with Crippen molar-refractivity contribution in [2.24, 2.45) is 5.92 Å². The Kier molecular flexibility index (Phi) is 4.88. The molecule has 0 N–H and O–H groups in total. The first-order valence-electron chi connectivity index (χ1n) is 6.77. The number of likely N-dealkylation sites (tertiary alicyclic amines) is 1. The fourth-order valence-electron chi connectivity index (χ4n) is 2.47. The third kappa shape index (κ3) is 3.91. The lowest BCUT2D eigenvalue weighted by atomic mass is 10.0. The molecule has 0 unspecified atom stereocenters. The van der Waals surface area contributed by atoms with Gasteiger partial charge in [-0.2, -0.15) is 0 Å². The number of hydrogen-bond acceptors (Lipinski definition) is 3. The van der Waals surface area contributed by atoms with Crippen LogP contribution in [0, 0.1) is 5.92 Å². The summed E-state index contributed by atoms with van der Waals surface area (Å²) in [7, 11) is 1.67. The summed E-state index contributed by atoms with van der Waals surface area (Å²) in [6.07, 6.45) is 2.69. The molecule has 0 bridgehead atoms. The molecule has 3 nitrogen and oxygen atoms in total. The number of rotatable bonds is 5. The summed E-state index contributed by atoms with van der Waals surface area (Å²) >= 11 is 0. The van der Waals surface area contributed by atoms with Crippen LogP contribution in [0.3, 0.4) is 0 Å². The Morgan fingerprint density at radius 3 is 2.94 bits per heavy atom. The van der Waals surface area contributed by atoms with E-state index in [2.05, 4.69) is 11.8 Å². The van der Waals surface area contributed by atoms with Crippen LogP contribution in [-0.4, -0.2) is 38.3 Å². The number of hydrogen-bond donors (Lipinski definition) is 0. The maximum Gasteiger partial charge on any atom is 0.123 e. The van der Waals surface area contributed by atoms with Crippen LogP contribution in [0.1, 0.15) is 19.8 Å². The molecular formula is C15H23NO2. The minimum atomic E-state index is 0.750. The van der Waals surface area contributed by atoms with Gasteiger partial charge >= 0.3 is 0 Å². The fourth-order valence-corrected chi connectivity index (χ4v) is 2.47. The van der Waals surface area contributed by atoms with Crippen LogP contribution in [0.5, 0.6) is 11.5 Å². The van der Waals surface area contributed by atoms with Gasteiger partial charge in [0, 0.05) is 19.2 Å². The molecule has 18 heavy (non-hydrogen) atoms. The van der Waals surface area contributed by atoms with E-state index in [1.807, 2.05) is 24.3 Å². The van der Waals surface area contributed by atoms with Gasteiger partial charge in [0.05, 0.1) is 7.11 Å². The van der Waals surface area contributed by atoms with Crippen molar-refractivity contribution in [3.05, 3.63) is 24.3 Å². The van der Waals surface area contributed by atoms with E-state index < -0.39 is 0 Å². The second-order valence-corrected chi connectivity index (χ2v) is 5.08. The zero-order chi connectivity index (χ0) is 12.8. The van der Waals surface area contributed by atoms with Crippen molar-refractivity contribution < 1.29 is 9.47 Å². The first-order chi connectivity index (χ1) is 8.78. The summed E-state index contributed by atoms with van der Waals surface area (Å²) in [5.74, 6) is 2.56. The molecule has 0 radical (unpaired) electrons. The van der Waals surface area contributed by atoms with Gasteiger partial charge in [0.15, 0.2) is 0 Å². The molecule has 1 fully saturated rings. The van der Waals surface area contributed by atoms with E-state index in [0.29, 0.717) is 0 Å². The van der Waals surface area contributed by atoms with Crippen LogP contribution in [0.2, 0.25) is 0 Å². The number of piperidine rings is 1. The van der Waals surface area contributed by atoms with E-state index in [0.717, 1.165) is 30.6 Å². The van der Waals surface area contributed by atoms with Crippen molar-refractivity contribution in [3.8, 4) is 11.5 Å². The normalized spacial score (nSPS) is 20.7. The van der Waals surface area contributed by atoms with Crippen LogP contribution in [-0.2, 0) is 0 Å². The van der Waals surface area contributed by atoms with Crippen molar-refractivity contribution in [2.45, 2.75) is 19.8 Å². The highest BCUT2D eigenvalue weighted by Crippen LogP contribution is 2.19. The molecule has 1 atom stereocenters. The SMILES string of the molecule is COc1cccc(OCCN2CCC[C@@H](C)C2)c1. The van der Waals surface area contributed by atoms with Gasteiger partial charge in [-0.3, -0.25) is 4.90 Å². The quantitative estimate of drug-likeness (QED) is 0.801. The number of ether oxygens (including phenoxy) is 2. The van der Waals surface area contributed by atoms with Gasteiger partial charge in [0.25, 0.3) is 0 Å². The van der Waals surface area contributed by atoms with Crippen molar-refractivity contribution in [1.29, 1.82) is 0 Å². The van der Waals surface area contributed by atoms with Crippen molar-refractivity contribution in [1.82, 2.24) is 4.90 Å². The minimum absolute atomic E-state index is 0.750. The van der Waals surface area contributed by atoms with Crippen LogP contribution in [0.25, 0.3) is 0 Å². The summed E-state index contributed by atoms with van der Waals surface area (Å²) in [6.45, 7) is 6.52. The summed E-state index contributed by atoms with van der Waals surface area (Å²) in [5, 5.41) is 0. The fraction of sp³-hybridized carbons (Fsp3) is 0.600. The maximum absolute atomic E-state index is 5.76. The smallest absolute Gasteiger partial charge is 0.123 e. The molecule has 0 amide bonds. The largest absolute Gasteiger partial charge is 0.497 e. The Morgan fingerprint density at radius 1 is 1.33 bits per heavy atom. The van der Waals surface area contributed by atoms with Gasteiger partial charge in [0.2, 0.25) is 0 Å². The average Bonchev–Trinajstić information content (AvgIpc) is 2.39. The summed E-state index contributed by atoms with van der Waals surface area (Å²) in [6, 6.07) is 7.79. The molecule has 100 valence electrons. The van der Waals surface area contributed by atoms with Gasteiger partial charge in [-0.05, 0) is 37.4 Å². The Bertz CT molecular complexity index is 367. The predicted octanol–water partition coefficient (Wildman–Crippen LogP) is 2.81. The lowest BCUT2D eigenvalue weighted by Gasteiger charge is -2.30. The number of benzene rings is 1. The molecule has 2 rings (SSSR count). The third-order valence-electron chi connectivity index (χ3n) is 3.46. The van der Waals surface area contributed by atoms with E-state index in [1.165, 1.54) is 25.9 Å². The zero-order valence-corrected chi connectivity index (χ0v) is 11.4. The van der Waals surface area contributed by atoms with Crippen LogP contribution >= 0.6 is 0 Å². The average molecular weight is 249 g/mol. The van der Waals surface area contributed by atoms with Crippen LogP contribution < -0.4 is 9.47 Å². The van der Waals surface area contributed by atoms with Gasteiger partial charge in [-0.15, -0.1) is 0 Å². The van der Waals surface area contributed by atoms with E-state index >= 15 is 0 Å². The van der Waals surface area contributed by atoms with Crippen LogP contribution in [0.15, 0.2) is 24.3 Å². The van der Waals surface area contributed by atoms with Crippen molar-refractivity contribution >= 4 is 0 Å². The third-order valence-corrected chi connectivity index (χ3v) is 3.46. The summed E-state index contributed by atoms with van der Waals surface area (Å²) < 4.78 is 10.9. The minimum Gasteiger partial charge on any atom is -0.497 e. The van der Waals surface area contributed by atoms with Gasteiger partial charge < -0.3 is 9.47 Å². The molecule has 1 aliphatic rings. The second kappa shape index (κ2) is 6.64. The lowest BCUT2D eigenvalue weighted by Crippen LogP contribution is -2.37. The molecular weight excluding hydrogens is 226 g/mol. The highest BCUT2D eigenvalue weighted by Gasteiger charge is 2.15. The number of methoxy groups -OCH3 is 1. The molecule has 0 saturated carbocycles. The highest BCUT2D eigenvalue weighted by atomic mass is 16.5. The van der Waals surface area contributed by atoms with Crippen LogP contribution in [0.4, 0.5) is 0 Å². The topological polar surface area (TPSA) is 21.7 Å². The first-order valence-corrected chi connectivity index (χ1v) is 6.77. The standard InChI is InChI=1S/C15H23NO2/c1-13-5-4-8-16(12-13)9-10-18-15-7-3-6-14(11-15)17-2/h3,6-7,11,13H,4-5,8-10,12H2,1-2H3/t13-/m1/s1. The molecule has 3 heteroatoms. The predicted molar refractivity (Wildman–Crippen MR) is 73.3 cm³/mol. The molecule has 1 aromatic carbocycles. The molecule has 0 aliphatic carbocycles. The zero-order valence-electron chi connectivity index (χ0n) is 11.4. The summed E-state index contributed by atoms with van der Waals surface area (Å²) in [5.41, 5.74) is 0. The van der Waals surface area contributed by atoms with Crippen molar-refractivity contribution in [3.63, 3.8) is 0 Å². The Hall–Kier alpha value is -1.22. The first kappa shape index (κ1) is 13.2. The molecule has 1 saturated heterocycles. The van der Waals surface area contributed by atoms with Gasteiger partial charge in [-0.1, -0.05) is 13.0 Å². The van der Waals surface area contributed by atoms with Crippen molar-refractivity contribution in [2.75, 3.05) is 33.4 Å². The van der Waals surface area contributed by atoms with Gasteiger partial charge in [0.1, 0.15) is 18.1 Å². The molecule has 1 aromatic rings. The molecule has 1 aliphatic heterocycles. The van der Waals surface area contributed by atoms with E-state index in [1.54, 1.807) is 7.11 Å². The Labute approximate surface area is 110 Å². The second-order valence-electron chi connectivity index (χ2n) is 5.08. The summed E-state index contributed by atoms with van der Waals surface area (Å²) in [4.78, 5) is 2.49. The molecule has 0 aromatic heterocycles. The van der Waals surface area contributed by atoms with E-state index in [-0.39, 0.29) is 0 Å². The van der Waals surface area contributed by atoms with Gasteiger partial charge in [-0.25, -0.2) is 0 Å². The Morgan fingerprint density at radius 2 is 2.17 bits per heavy atom. The van der Waals surface area contributed by atoms with E-state index in [9.17, 15) is 0 Å². The molecule has 1 heterocycles. The monoisotopic (exact) mass is 249 g/mol. The Balaban J connectivity index is 1.74.